The third kappa shape index (κ3) is 4.69. The van der Waals surface area contributed by atoms with Crippen molar-refractivity contribution in [3.63, 3.8) is 0 Å². The molecule has 0 aliphatic rings. The van der Waals surface area contributed by atoms with Crippen LogP contribution in [0.3, 0.4) is 0 Å². The van der Waals surface area contributed by atoms with E-state index in [0.29, 0.717) is 29.4 Å². The van der Waals surface area contributed by atoms with E-state index in [-0.39, 0.29) is 18.2 Å². The van der Waals surface area contributed by atoms with Gasteiger partial charge in [0.25, 0.3) is 5.89 Å². The number of hydrogen-bond acceptors (Lipinski definition) is 9. The third-order valence-electron chi connectivity index (χ3n) is 4.37. The van der Waals surface area contributed by atoms with E-state index in [0.717, 1.165) is 5.56 Å². The highest BCUT2D eigenvalue weighted by molar-refractivity contribution is 5.86. The standard InChI is InChI=1S/C21H19N5O5/c1-28-17-9-8-15(10-18(17)29-2)20-22-19(31-24-20)13-30-21(27)16-12-26(25-23-16)11-14-6-4-3-5-7-14/h3-10,12H,11,13H2,1-2H3. The van der Waals surface area contributed by atoms with Crippen LogP contribution in [-0.2, 0) is 17.9 Å². The van der Waals surface area contributed by atoms with Crippen LogP contribution in [0.1, 0.15) is 21.9 Å². The molecule has 0 unspecified atom stereocenters. The molecule has 2 heterocycles. The first-order valence-electron chi connectivity index (χ1n) is 9.32. The van der Waals surface area contributed by atoms with Crippen molar-refractivity contribution in [2.75, 3.05) is 14.2 Å². The van der Waals surface area contributed by atoms with Gasteiger partial charge < -0.3 is 18.7 Å². The minimum atomic E-state index is -0.634. The molecule has 0 saturated carbocycles. The monoisotopic (exact) mass is 421 g/mol. The first kappa shape index (κ1) is 20.1. The molecule has 0 radical (unpaired) electrons. The number of benzene rings is 2. The molecule has 2 aromatic carbocycles. The molecular formula is C21H19N5O5. The smallest absolute Gasteiger partial charge is 0.361 e. The molecule has 0 N–H and O–H groups in total. The lowest BCUT2D eigenvalue weighted by molar-refractivity contribution is 0.0422. The van der Waals surface area contributed by atoms with Gasteiger partial charge in [0.15, 0.2) is 23.8 Å². The average molecular weight is 421 g/mol. The minimum absolute atomic E-state index is 0.0931. The Morgan fingerprint density at radius 3 is 2.65 bits per heavy atom. The largest absolute Gasteiger partial charge is 0.493 e. The molecule has 4 aromatic rings. The van der Waals surface area contributed by atoms with Crippen molar-refractivity contribution in [2.24, 2.45) is 0 Å². The normalized spacial score (nSPS) is 10.6. The van der Waals surface area contributed by atoms with Crippen LogP contribution in [0, 0.1) is 0 Å². The maximum absolute atomic E-state index is 12.3. The van der Waals surface area contributed by atoms with Crippen molar-refractivity contribution in [3.8, 4) is 22.9 Å². The van der Waals surface area contributed by atoms with Crippen molar-refractivity contribution < 1.29 is 23.5 Å². The van der Waals surface area contributed by atoms with E-state index in [9.17, 15) is 4.79 Å². The quantitative estimate of drug-likeness (QED) is 0.396. The summed E-state index contributed by atoms with van der Waals surface area (Å²) in [5.41, 5.74) is 1.80. The number of nitrogens with zero attached hydrogens (tertiary/aromatic N) is 5. The Balaban J connectivity index is 1.37. The molecular weight excluding hydrogens is 402 g/mol. The van der Waals surface area contributed by atoms with Crippen molar-refractivity contribution in [2.45, 2.75) is 13.2 Å². The predicted molar refractivity (Wildman–Crippen MR) is 108 cm³/mol. The van der Waals surface area contributed by atoms with Gasteiger partial charge in [0.1, 0.15) is 0 Å². The van der Waals surface area contributed by atoms with Crippen molar-refractivity contribution in [1.29, 1.82) is 0 Å². The molecule has 0 amide bonds. The highest BCUT2D eigenvalue weighted by Gasteiger charge is 2.16. The summed E-state index contributed by atoms with van der Waals surface area (Å²) < 4.78 is 22.4. The summed E-state index contributed by atoms with van der Waals surface area (Å²) in [4.78, 5) is 16.5. The van der Waals surface area contributed by atoms with Crippen LogP contribution in [0.5, 0.6) is 11.5 Å². The Hall–Kier alpha value is -4.21. The summed E-state index contributed by atoms with van der Waals surface area (Å²) in [7, 11) is 3.09. The number of esters is 1. The minimum Gasteiger partial charge on any atom is -0.493 e. The van der Waals surface area contributed by atoms with E-state index >= 15 is 0 Å². The Morgan fingerprint density at radius 1 is 1.06 bits per heavy atom. The van der Waals surface area contributed by atoms with E-state index in [1.54, 1.807) is 37.1 Å². The average Bonchev–Trinajstić information content (AvgIpc) is 3.47. The Kier molecular flexibility index (Phi) is 5.88. The fourth-order valence-electron chi connectivity index (χ4n) is 2.85. The highest BCUT2D eigenvalue weighted by Crippen LogP contribution is 2.31. The fraction of sp³-hybridized carbons (Fsp3) is 0.190. The molecule has 158 valence electrons. The van der Waals surface area contributed by atoms with E-state index in [2.05, 4.69) is 20.5 Å². The highest BCUT2D eigenvalue weighted by atomic mass is 16.6. The second-order valence-electron chi connectivity index (χ2n) is 6.44. The van der Waals surface area contributed by atoms with Crippen LogP contribution in [0.4, 0.5) is 0 Å². The van der Waals surface area contributed by atoms with Gasteiger partial charge in [-0.25, -0.2) is 9.48 Å². The van der Waals surface area contributed by atoms with Gasteiger partial charge in [-0.15, -0.1) is 5.10 Å². The molecule has 0 atom stereocenters. The number of rotatable bonds is 8. The van der Waals surface area contributed by atoms with Gasteiger partial charge in [0, 0.05) is 5.56 Å². The molecule has 0 saturated heterocycles. The SMILES string of the molecule is COc1ccc(-c2noc(COC(=O)c3cn(Cc4ccccc4)nn3)n2)cc1OC. The van der Waals surface area contributed by atoms with Crippen LogP contribution >= 0.6 is 0 Å². The lowest BCUT2D eigenvalue weighted by Gasteiger charge is -2.07. The number of aromatic nitrogens is 5. The molecule has 0 aliphatic heterocycles. The lowest BCUT2D eigenvalue weighted by Crippen LogP contribution is -2.06. The summed E-state index contributed by atoms with van der Waals surface area (Å²) in [5, 5.41) is 11.7. The van der Waals surface area contributed by atoms with Crippen molar-refractivity contribution in [3.05, 3.63) is 71.9 Å². The molecule has 31 heavy (non-hydrogen) atoms. The van der Waals surface area contributed by atoms with E-state index in [1.165, 1.54) is 6.20 Å². The van der Waals surface area contributed by atoms with E-state index in [1.807, 2.05) is 30.3 Å². The topological polar surface area (TPSA) is 114 Å². The predicted octanol–water partition coefficient (Wildman–Crippen LogP) is 2.75. The fourth-order valence-corrected chi connectivity index (χ4v) is 2.85. The number of ether oxygens (including phenoxy) is 3. The van der Waals surface area contributed by atoms with Crippen LogP contribution in [0.2, 0.25) is 0 Å². The van der Waals surface area contributed by atoms with Gasteiger partial charge in [-0.2, -0.15) is 4.98 Å². The van der Waals surface area contributed by atoms with Gasteiger partial charge in [-0.3, -0.25) is 0 Å². The molecule has 0 aliphatic carbocycles. The summed E-state index contributed by atoms with van der Waals surface area (Å²) in [5.74, 6) is 0.973. The van der Waals surface area contributed by atoms with Crippen LogP contribution in [-0.4, -0.2) is 45.3 Å². The van der Waals surface area contributed by atoms with E-state index in [4.69, 9.17) is 18.7 Å². The first-order chi connectivity index (χ1) is 15.2. The van der Waals surface area contributed by atoms with Gasteiger partial charge in [-0.1, -0.05) is 40.7 Å². The van der Waals surface area contributed by atoms with Crippen molar-refractivity contribution >= 4 is 5.97 Å². The molecule has 10 heteroatoms. The molecule has 2 aromatic heterocycles. The Bertz CT molecular complexity index is 1170. The maximum atomic E-state index is 12.3. The Labute approximate surface area is 177 Å². The summed E-state index contributed by atoms with van der Waals surface area (Å²) >= 11 is 0. The van der Waals surface area contributed by atoms with Crippen LogP contribution < -0.4 is 9.47 Å². The molecule has 0 fully saturated rings. The van der Waals surface area contributed by atoms with Gasteiger partial charge in [0.2, 0.25) is 5.82 Å². The van der Waals surface area contributed by atoms with Gasteiger partial charge in [-0.05, 0) is 23.8 Å². The first-order valence-corrected chi connectivity index (χ1v) is 9.32. The number of hydrogen-bond donors (Lipinski definition) is 0. The van der Waals surface area contributed by atoms with Gasteiger partial charge in [0.05, 0.1) is 27.0 Å². The number of methoxy groups -OCH3 is 2. The number of carbonyl (C=O) groups is 1. The maximum Gasteiger partial charge on any atom is 0.361 e. The van der Waals surface area contributed by atoms with E-state index < -0.39 is 5.97 Å². The van der Waals surface area contributed by atoms with Crippen molar-refractivity contribution in [1.82, 2.24) is 25.1 Å². The molecule has 0 spiro atoms. The lowest BCUT2D eigenvalue weighted by atomic mass is 10.2. The summed E-state index contributed by atoms with van der Waals surface area (Å²) in [6, 6.07) is 15.0. The summed E-state index contributed by atoms with van der Waals surface area (Å²) in [6.45, 7) is 0.310. The van der Waals surface area contributed by atoms with Crippen LogP contribution in [0.25, 0.3) is 11.4 Å². The molecule has 4 rings (SSSR count). The number of carbonyl (C=O) groups excluding carboxylic acids is 1. The molecule has 10 nitrogen and oxygen atoms in total. The van der Waals surface area contributed by atoms with Crippen LogP contribution in [0.15, 0.2) is 59.3 Å². The zero-order chi connectivity index (χ0) is 21.6. The third-order valence-corrected chi connectivity index (χ3v) is 4.37. The second-order valence-corrected chi connectivity index (χ2v) is 6.44. The molecule has 0 bridgehead atoms. The Morgan fingerprint density at radius 2 is 1.87 bits per heavy atom. The zero-order valence-electron chi connectivity index (χ0n) is 16.9. The van der Waals surface area contributed by atoms with Gasteiger partial charge >= 0.3 is 5.97 Å². The summed E-state index contributed by atoms with van der Waals surface area (Å²) in [6.07, 6.45) is 1.53. The zero-order valence-corrected chi connectivity index (χ0v) is 16.9. The second kappa shape index (κ2) is 9.08.